The highest BCUT2D eigenvalue weighted by molar-refractivity contribution is 9.10. The van der Waals surface area contributed by atoms with E-state index in [-0.39, 0.29) is 18.1 Å². The average molecular weight is 302 g/mol. The van der Waals surface area contributed by atoms with Crippen molar-refractivity contribution in [1.29, 1.82) is 0 Å². The predicted octanol–water partition coefficient (Wildman–Crippen LogP) is 3.14. The van der Waals surface area contributed by atoms with Gasteiger partial charge in [0.15, 0.2) is 0 Å². The first kappa shape index (κ1) is 13.8. The van der Waals surface area contributed by atoms with Crippen LogP contribution in [-0.2, 0) is 9.59 Å². The Bertz CT molecular complexity index is 446. The standard InChI is InChI=1S/C12H13BrFNO2/c1-7(2)11(16)6-12(17)15-8-3-4-9(13)10(14)5-8/h3-5,7H,6H2,1-2H3,(H,15,17). The van der Waals surface area contributed by atoms with E-state index < -0.39 is 11.7 Å². The maximum absolute atomic E-state index is 13.2. The molecule has 0 aliphatic carbocycles. The van der Waals surface area contributed by atoms with Crippen LogP contribution in [0.25, 0.3) is 0 Å². The molecule has 1 rings (SSSR count). The van der Waals surface area contributed by atoms with Crippen LogP contribution in [0.2, 0.25) is 0 Å². The maximum atomic E-state index is 13.2. The summed E-state index contributed by atoms with van der Waals surface area (Å²) in [4.78, 5) is 22.8. The average Bonchev–Trinajstić information content (AvgIpc) is 2.23. The Kier molecular flexibility index (Phi) is 4.81. The molecule has 1 aromatic carbocycles. The number of carbonyl (C=O) groups excluding carboxylic acids is 2. The molecule has 0 radical (unpaired) electrons. The molecule has 0 aliphatic heterocycles. The van der Waals surface area contributed by atoms with Gasteiger partial charge >= 0.3 is 0 Å². The third-order valence-corrected chi connectivity index (χ3v) is 2.83. The Balaban J connectivity index is 2.62. The zero-order valence-electron chi connectivity index (χ0n) is 9.59. The minimum Gasteiger partial charge on any atom is -0.326 e. The number of nitrogens with one attached hydrogen (secondary N) is 1. The van der Waals surface area contributed by atoms with Gasteiger partial charge in [0.05, 0.1) is 10.9 Å². The van der Waals surface area contributed by atoms with Gasteiger partial charge in [-0.3, -0.25) is 9.59 Å². The minimum atomic E-state index is -0.460. The molecule has 0 aliphatic rings. The van der Waals surface area contributed by atoms with E-state index in [2.05, 4.69) is 21.2 Å². The van der Waals surface area contributed by atoms with Gasteiger partial charge in [0, 0.05) is 11.6 Å². The summed E-state index contributed by atoms with van der Waals surface area (Å²) in [6.07, 6.45) is -0.185. The summed E-state index contributed by atoms with van der Waals surface area (Å²) >= 11 is 3.01. The zero-order chi connectivity index (χ0) is 13.0. The fourth-order valence-electron chi connectivity index (χ4n) is 1.14. The second-order valence-electron chi connectivity index (χ2n) is 3.97. The summed E-state index contributed by atoms with van der Waals surface area (Å²) < 4.78 is 13.5. The largest absolute Gasteiger partial charge is 0.326 e. The third kappa shape index (κ3) is 4.26. The molecule has 0 aromatic heterocycles. The van der Waals surface area contributed by atoms with Crippen molar-refractivity contribution in [3.63, 3.8) is 0 Å². The number of rotatable bonds is 4. The lowest BCUT2D eigenvalue weighted by atomic mass is 10.1. The quantitative estimate of drug-likeness (QED) is 0.869. The summed E-state index contributed by atoms with van der Waals surface area (Å²) in [6.45, 7) is 3.46. The molecule has 1 aromatic rings. The van der Waals surface area contributed by atoms with Crippen molar-refractivity contribution in [3.8, 4) is 0 Å². The number of benzene rings is 1. The van der Waals surface area contributed by atoms with Crippen molar-refractivity contribution in [2.45, 2.75) is 20.3 Å². The fourth-order valence-corrected chi connectivity index (χ4v) is 1.39. The number of anilines is 1. The highest BCUT2D eigenvalue weighted by Gasteiger charge is 2.13. The van der Waals surface area contributed by atoms with Crippen LogP contribution >= 0.6 is 15.9 Å². The highest BCUT2D eigenvalue weighted by atomic mass is 79.9. The fraction of sp³-hybridized carbons (Fsp3) is 0.333. The first-order valence-electron chi connectivity index (χ1n) is 5.17. The van der Waals surface area contributed by atoms with Crippen molar-refractivity contribution in [2.24, 2.45) is 5.92 Å². The van der Waals surface area contributed by atoms with E-state index in [0.717, 1.165) is 0 Å². The van der Waals surface area contributed by atoms with Gasteiger partial charge in [-0.05, 0) is 34.1 Å². The number of hydrogen-bond donors (Lipinski definition) is 1. The number of Topliss-reactive ketones (excluding diaryl/α,β-unsaturated/α-hetero) is 1. The molecule has 0 unspecified atom stereocenters. The molecule has 92 valence electrons. The summed E-state index contributed by atoms with van der Waals surface area (Å²) in [5.74, 6) is -1.20. The predicted molar refractivity (Wildman–Crippen MR) is 67.2 cm³/mol. The second kappa shape index (κ2) is 5.91. The van der Waals surface area contributed by atoms with Crippen LogP contribution in [0.5, 0.6) is 0 Å². The van der Waals surface area contributed by atoms with Gasteiger partial charge in [0.2, 0.25) is 5.91 Å². The molecule has 1 amide bonds. The third-order valence-electron chi connectivity index (χ3n) is 2.18. The molecule has 0 heterocycles. The number of carbonyl (C=O) groups is 2. The Morgan fingerprint density at radius 1 is 1.41 bits per heavy atom. The number of halogens is 2. The number of ketones is 1. The van der Waals surface area contributed by atoms with E-state index in [9.17, 15) is 14.0 Å². The summed E-state index contributed by atoms with van der Waals surface area (Å²) in [5, 5.41) is 2.48. The van der Waals surface area contributed by atoms with Gasteiger partial charge in [-0.2, -0.15) is 0 Å². The van der Waals surface area contributed by atoms with E-state index in [4.69, 9.17) is 0 Å². The first-order chi connectivity index (χ1) is 7.90. The lowest BCUT2D eigenvalue weighted by molar-refractivity contribution is -0.127. The molecule has 3 nitrogen and oxygen atoms in total. The molecule has 0 spiro atoms. The van der Waals surface area contributed by atoms with Crippen LogP contribution in [0, 0.1) is 11.7 Å². The number of amides is 1. The molecule has 17 heavy (non-hydrogen) atoms. The van der Waals surface area contributed by atoms with E-state index in [1.54, 1.807) is 19.9 Å². The first-order valence-corrected chi connectivity index (χ1v) is 5.97. The van der Waals surface area contributed by atoms with Crippen LogP contribution < -0.4 is 5.32 Å². The molecular formula is C12H13BrFNO2. The lowest BCUT2D eigenvalue weighted by Gasteiger charge is -2.06. The van der Waals surface area contributed by atoms with Crippen molar-refractivity contribution in [3.05, 3.63) is 28.5 Å². The molecule has 1 N–H and O–H groups in total. The van der Waals surface area contributed by atoms with E-state index in [0.29, 0.717) is 10.2 Å². The zero-order valence-corrected chi connectivity index (χ0v) is 11.2. The van der Waals surface area contributed by atoms with Gasteiger partial charge < -0.3 is 5.32 Å². The van der Waals surface area contributed by atoms with Crippen molar-refractivity contribution >= 4 is 33.3 Å². The summed E-state index contributed by atoms with van der Waals surface area (Å²) in [7, 11) is 0. The van der Waals surface area contributed by atoms with Crippen LogP contribution in [0.3, 0.4) is 0 Å². The van der Waals surface area contributed by atoms with E-state index >= 15 is 0 Å². The smallest absolute Gasteiger partial charge is 0.231 e. The van der Waals surface area contributed by atoms with Gasteiger partial charge in [0.1, 0.15) is 11.6 Å². The Morgan fingerprint density at radius 3 is 2.59 bits per heavy atom. The van der Waals surface area contributed by atoms with Crippen LogP contribution in [-0.4, -0.2) is 11.7 Å². The van der Waals surface area contributed by atoms with Crippen LogP contribution in [0.15, 0.2) is 22.7 Å². The Hall–Kier alpha value is -1.23. The Morgan fingerprint density at radius 2 is 2.06 bits per heavy atom. The number of hydrogen-bond acceptors (Lipinski definition) is 2. The monoisotopic (exact) mass is 301 g/mol. The molecule has 5 heteroatoms. The molecule has 0 bridgehead atoms. The van der Waals surface area contributed by atoms with Crippen molar-refractivity contribution < 1.29 is 14.0 Å². The molecule has 0 saturated carbocycles. The van der Waals surface area contributed by atoms with Gasteiger partial charge in [0.25, 0.3) is 0 Å². The maximum Gasteiger partial charge on any atom is 0.231 e. The van der Waals surface area contributed by atoms with Crippen LogP contribution in [0.4, 0.5) is 10.1 Å². The minimum absolute atomic E-state index is 0.139. The topological polar surface area (TPSA) is 46.2 Å². The van der Waals surface area contributed by atoms with Gasteiger partial charge in [-0.25, -0.2) is 4.39 Å². The Labute approximate surface area is 108 Å². The van der Waals surface area contributed by atoms with E-state index in [1.807, 2.05) is 0 Å². The molecule has 0 atom stereocenters. The SMILES string of the molecule is CC(C)C(=O)CC(=O)Nc1ccc(Br)c(F)c1. The lowest BCUT2D eigenvalue weighted by Crippen LogP contribution is -2.19. The summed E-state index contributed by atoms with van der Waals surface area (Å²) in [5.41, 5.74) is 0.340. The van der Waals surface area contributed by atoms with Gasteiger partial charge in [-0.15, -0.1) is 0 Å². The normalized spacial score (nSPS) is 10.4. The molecular weight excluding hydrogens is 289 g/mol. The van der Waals surface area contributed by atoms with E-state index in [1.165, 1.54) is 12.1 Å². The van der Waals surface area contributed by atoms with Crippen LogP contribution in [0.1, 0.15) is 20.3 Å². The summed E-state index contributed by atoms with van der Waals surface area (Å²) in [6, 6.07) is 4.25. The second-order valence-corrected chi connectivity index (χ2v) is 4.83. The van der Waals surface area contributed by atoms with Crippen molar-refractivity contribution in [1.82, 2.24) is 0 Å². The molecule has 0 saturated heterocycles. The molecule has 0 fully saturated rings. The van der Waals surface area contributed by atoms with Gasteiger partial charge in [-0.1, -0.05) is 13.8 Å². The van der Waals surface area contributed by atoms with Crippen molar-refractivity contribution in [2.75, 3.05) is 5.32 Å². The highest BCUT2D eigenvalue weighted by Crippen LogP contribution is 2.19.